The van der Waals surface area contributed by atoms with E-state index in [0.717, 1.165) is 25.7 Å². The summed E-state index contributed by atoms with van der Waals surface area (Å²) < 4.78 is 1.47. The van der Waals surface area contributed by atoms with Gasteiger partial charge in [-0.1, -0.05) is 12.8 Å². The molecule has 1 heterocycles. The van der Waals surface area contributed by atoms with Crippen molar-refractivity contribution in [1.82, 2.24) is 14.7 Å². The van der Waals surface area contributed by atoms with E-state index in [2.05, 4.69) is 5.10 Å². The van der Waals surface area contributed by atoms with Crippen LogP contribution in [-0.2, 0) is 7.05 Å². The maximum absolute atomic E-state index is 12.3. The first-order chi connectivity index (χ1) is 8.43. The fourth-order valence-corrected chi connectivity index (χ4v) is 2.60. The Bertz CT molecular complexity index is 429. The van der Waals surface area contributed by atoms with Gasteiger partial charge in [-0.05, 0) is 12.8 Å². The minimum atomic E-state index is -0.738. The number of likely N-dealkylation sites (N-methyl/N-ethyl adjacent to an activating group) is 1. The first-order valence-electron chi connectivity index (χ1n) is 6.18. The Morgan fingerprint density at radius 3 is 2.72 bits per heavy atom. The molecule has 0 spiro atoms. The van der Waals surface area contributed by atoms with Gasteiger partial charge in [0.05, 0.1) is 17.5 Å². The maximum Gasteiger partial charge on any atom is 0.274 e. The Hall–Kier alpha value is -1.56. The molecular formula is C12H20N4O2. The van der Waals surface area contributed by atoms with Crippen molar-refractivity contribution < 1.29 is 9.90 Å². The van der Waals surface area contributed by atoms with E-state index in [1.807, 2.05) is 0 Å². The summed E-state index contributed by atoms with van der Waals surface area (Å²) in [6.07, 6.45) is 5.01. The molecule has 0 aliphatic heterocycles. The first kappa shape index (κ1) is 12.9. The lowest BCUT2D eigenvalue weighted by molar-refractivity contribution is 0.0153. The summed E-state index contributed by atoms with van der Waals surface area (Å²) in [6, 6.07) is 0. The Balaban J connectivity index is 2.10. The highest BCUT2D eigenvalue weighted by Gasteiger charge is 2.34. The van der Waals surface area contributed by atoms with Crippen molar-refractivity contribution in [1.29, 1.82) is 0 Å². The maximum atomic E-state index is 12.3. The van der Waals surface area contributed by atoms with Gasteiger partial charge in [0.2, 0.25) is 0 Å². The van der Waals surface area contributed by atoms with Gasteiger partial charge < -0.3 is 15.7 Å². The number of aromatic nitrogens is 2. The summed E-state index contributed by atoms with van der Waals surface area (Å²) in [7, 11) is 3.37. The average molecular weight is 252 g/mol. The van der Waals surface area contributed by atoms with Gasteiger partial charge in [0, 0.05) is 20.6 Å². The molecule has 1 saturated carbocycles. The molecule has 0 bridgehead atoms. The lowest BCUT2D eigenvalue weighted by Gasteiger charge is -2.28. The summed E-state index contributed by atoms with van der Waals surface area (Å²) >= 11 is 0. The molecule has 6 nitrogen and oxygen atoms in total. The predicted octanol–water partition coefficient (Wildman–Crippen LogP) is 0.379. The minimum absolute atomic E-state index is 0.201. The second-order valence-corrected chi connectivity index (χ2v) is 5.16. The normalized spacial score (nSPS) is 17.9. The van der Waals surface area contributed by atoms with Gasteiger partial charge >= 0.3 is 0 Å². The number of aryl methyl sites for hydroxylation is 1. The summed E-state index contributed by atoms with van der Waals surface area (Å²) in [5.74, 6) is -0.201. The number of aliphatic hydroxyl groups is 1. The number of hydrogen-bond donors (Lipinski definition) is 2. The highest BCUT2D eigenvalue weighted by Crippen LogP contribution is 2.30. The molecule has 0 radical (unpaired) electrons. The molecule has 0 unspecified atom stereocenters. The van der Waals surface area contributed by atoms with Crippen LogP contribution in [0.25, 0.3) is 0 Å². The van der Waals surface area contributed by atoms with Gasteiger partial charge in [0.1, 0.15) is 5.69 Å². The summed E-state index contributed by atoms with van der Waals surface area (Å²) in [5.41, 5.74) is 5.73. The van der Waals surface area contributed by atoms with Crippen LogP contribution in [0.2, 0.25) is 0 Å². The minimum Gasteiger partial charge on any atom is -0.396 e. The van der Waals surface area contributed by atoms with Crippen molar-refractivity contribution in [2.24, 2.45) is 7.05 Å². The third-order valence-corrected chi connectivity index (χ3v) is 3.58. The van der Waals surface area contributed by atoms with Crippen LogP contribution in [0.4, 0.5) is 5.69 Å². The van der Waals surface area contributed by atoms with Crippen LogP contribution in [0.3, 0.4) is 0 Å². The van der Waals surface area contributed by atoms with Crippen LogP contribution in [0.1, 0.15) is 36.2 Å². The molecule has 1 aromatic heterocycles. The Morgan fingerprint density at radius 1 is 1.61 bits per heavy atom. The van der Waals surface area contributed by atoms with E-state index >= 15 is 0 Å². The lowest BCUT2D eigenvalue weighted by Crippen LogP contribution is -2.42. The first-order valence-corrected chi connectivity index (χ1v) is 6.18. The van der Waals surface area contributed by atoms with E-state index in [1.54, 1.807) is 14.1 Å². The second-order valence-electron chi connectivity index (χ2n) is 5.16. The predicted molar refractivity (Wildman–Crippen MR) is 68.0 cm³/mol. The van der Waals surface area contributed by atoms with Gasteiger partial charge in [-0.25, -0.2) is 0 Å². The van der Waals surface area contributed by atoms with Gasteiger partial charge in [0.15, 0.2) is 0 Å². The SMILES string of the molecule is CN(CC1(O)CCCC1)C(=O)c1c(N)cnn1C. The van der Waals surface area contributed by atoms with E-state index in [-0.39, 0.29) is 5.91 Å². The summed E-state index contributed by atoms with van der Waals surface area (Å²) in [4.78, 5) is 13.8. The molecule has 18 heavy (non-hydrogen) atoms. The summed E-state index contributed by atoms with van der Waals surface area (Å²) in [5, 5.41) is 14.2. The number of rotatable bonds is 3. The number of carbonyl (C=O) groups excluding carboxylic acids is 1. The van der Waals surface area contributed by atoms with Crippen molar-refractivity contribution >= 4 is 11.6 Å². The third kappa shape index (κ3) is 2.33. The zero-order chi connectivity index (χ0) is 13.3. The Morgan fingerprint density at radius 2 is 2.22 bits per heavy atom. The van der Waals surface area contributed by atoms with Crippen LogP contribution in [0.5, 0.6) is 0 Å². The van der Waals surface area contributed by atoms with Crippen molar-refractivity contribution in [3.05, 3.63) is 11.9 Å². The molecule has 1 aliphatic rings. The Labute approximate surface area is 106 Å². The molecule has 0 aromatic carbocycles. The van der Waals surface area contributed by atoms with E-state index in [1.165, 1.54) is 15.8 Å². The number of hydrogen-bond acceptors (Lipinski definition) is 4. The summed E-state index contributed by atoms with van der Waals surface area (Å²) in [6.45, 7) is 0.344. The van der Waals surface area contributed by atoms with Crippen molar-refractivity contribution in [3.63, 3.8) is 0 Å². The molecule has 1 aliphatic carbocycles. The number of nitrogens with two attached hydrogens (primary N) is 1. The van der Waals surface area contributed by atoms with Crippen LogP contribution < -0.4 is 5.73 Å². The van der Waals surface area contributed by atoms with E-state index in [9.17, 15) is 9.90 Å². The quantitative estimate of drug-likeness (QED) is 0.814. The zero-order valence-corrected chi connectivity index (χ0v) is 10.9. The molecule has 0 saturated heterocycles. The third-order valence-electron chi connectivity index (χ3n) is 3.58. The number of nitrogen functional groups attached to an aromatic ring is 1. The molecule has 1 amide bonds. The van der Waals surface area contributed by atoms with Crippen molar-refractivity contribution in [2.45, 2.75) is 31.3 Å². The van der Waals surface area contributed by atoms with Crippen LogP contribution in [0.15, 0.2) is 6.20 Å². The fourth-order valence-electron chi connectivity index (χ4n) is 2.60. The number of carbonyl (C=O) groups is 1. The molecule has 1 fully saturated rings. The van der Waals surface area contributed by atoms with E-state index in [0.29, 0.717) is 17.9 Å². The standard InChI is InChI=1S/C12H20N4O2/c1-15(8-12(18)5-3-4-6-12)11(17)10-9(13)7-14-16(10)2/h7,18H,3-6,8,13H2,1-2H3. The fraction of sp³-hybridized carbons (Fsp3) is 0.667. The van der Waals surface area contributed by atoms with E-state index in [4.69, 9.17) is 5.73 Å². The smallest absolute Gasteiger partial charge is 0.274 e. The topological polar surface area (TPSA) is 84.4 Å². The number of anilines is 1. The lowest BCUT2D eigenvalue weighted by atomic mass is 10.0. The van der Waals surface area contributed by atoms with E-state index < -0.39 is 5.60 Å². The average Bonchev–Trinajstić information content (AvgIpc) is 2.85. The highest BCUT2D eigenvalue weighted by atomic mass is 16.3. The highest BCUT2D eigenvalue weighted by molar-refractivity contribution is 5.97. The van der Waals surface area contributed by atoms with Crippen LogP contribution >= 0.6 is 0 Å². The second kappa shape index (κ2) is 4.61. The zero-order valence-electron chi connectivity index (χ0n) is 10.9. The molecule has 6 heteroatoms. The van der Waals surface area contributed by atoms with Gasteiger partial charge in [-0.15, -0.1) is 0 Å². The van der Waals surface area contributed by atoms with Gasteiger partial charge in [-0.2, -0.15) is 5.10 Å². The molecule has 0 atom stereocenters. The monoisotopic (exact) mass is 252 g/mol. The van der Waals surface area contributed by atoms with Crippen molar-refractivity contribution in [2.75, 3.05) is 19.3 Å². The molecular weight excluding hydrogens is 232 g/mol. The molecule has 3 N–H and O–H groups in total. The largest absolute Gasteiger partial charge is 0.396 e. The van der Waals surface area contributed by atoms with Gasteiger partial charge in [-0.3, -0.25) is 9.48 Å². The molecule has 100 valence electrons. The number of nitrogens with zero attached hydrogens (tertiary/aromatic N) is 3. The molecule has 2 rings (SSSR count). The Kier molecular flexibility index (Phi) is 3.30. The van der Waals surface area contributed by atoms with Crippen LogP contribution in [0, 0.1) is 0 Å². The number of amides is 1. The van der Waals surface area contributed by atoms with Crippen LogP contribution in [-0.4, -0.2) is 44.9 Å². The van der Waals surface area contributed by atoms with Gasteiger partial charge in [0.25, 0.3) is 5.91 Å². The molecule has 1 aromatic rings. The van der Waals surface area contributed by atoms with Crippen molar-refractivity contribution in [3.8, 4) is 0 Å².